The second-order valence-corrected chi connectivity index (χ2v) is 5.81. The molecule has 0 fully saturated rings. The molecule has 0 aliphatic heterocycles. The van der Waals surface area contributed by atoms with E-state index in [4.69, 9.17) is 16.3 Å². The second-order valence-electron chi connectivity index (χ2n) is 5.43. The highest BCUT2D eigenvalue weighted by molar-refractivity contribution is 6.29. The van der Waals surface area contributed by atoms with Gasteiger partial charge in [-0.15, -0.1) is 0 Å². The van der Waals surface area contributed by atoms with Gasteiger partial charge in [-0.2, -0.15) is 0 Å². The molecule has 1 N–H and O–H groups in total. The normalized spacial score (nSPS) is 16.7. The number of carbonyl (C=O) groups is 1. The summed E-state index contributed by atoms with van der Waals surface area (Å²) in [4.78, 5) is 15.6. The molecule has 1 heterocycles. The van der Waals surface area contributed by atoms with Crippen molar-refractivity contribution in [1.82, 2.24) is 4.98 Å². The summed E-state index contributed by atoms with van der Waals surface area (Å²) >= 11 is 5.91. The zero-order chi connectivity index (χ0) is 15.5. The van der Waals surface area contributed by atoms with Gasteiger partial charge in [0, 0.05) is 17.9 Å². The van der Waals surface area contributed by atoms with Crippen molar-refractivity contribution < 1.29 is 9.53 Å². The van der Waals surface area contributed by atoms with Crippen LogP contribution >= 0.6 is 11.6 Å². The minimum Gasteiger partial charge on any atom is -0.465 e. The average molecular weight is 317 g/mol. The molecule has 1 unspecified atom stereocenters. The first-order valence-electron chi connectivity index (χ1n) is 7.24. The number of esters is 1. The van der Waals surface area contributed by atoms with E-state index in [1.165, 1.54) is 18.2 Å². The molecule has 1 aromatic carbocycles. The number of nitrogens with zero attached hydrogens (tertiary/aromatic N) is 1. The van der Waals surface area contributed by atoms with Gasteiger partial charge in [-0.1, -0.05) is 17.7 Å². The third-order valence-electron chi connectivity index (χ3n) is 3.95. The van der Waals surface area contributed by atoms with Gasteiger partial charge < -0.3 is 10.1 Å². The molecule has 2 aromatic rings. The summed E-state index contributed by atoms with van der Waals surface area (Å²) in [6.07, 6.45) is 4.61. The lowest BCUT2D eigenvalue weighted by atomic mass is 9.87. The zero-order valence-electron chi connectivity index (χ0n) is 12.3. The molecule has 0 spiro atoms. The smallest absolute Gasteiger partial charge is 0.337 e. The largest absolute Gasteiger partial charge is 0.465 e. The van der Waals surface area contributed by atoms with E-state index in [2.05, 4.69) is 10.3 Å². The number of fused-ring (bicyclic) bond motifs is 1. The molecule has 1 aromatic heterocycles. The number of ether oxygens (including phenoxy) is 1. The van der Waals surface area contributed by atoms with Crippen molar-refractivity contribution >= 4 is 23.3 Å². The van der Waals surface area contributed by atoms with Gasteiger partial charge in [-0.25, -0.2) is 9.78 Å². The van der Waals surface area contributed by atoms with E-state index >= 15 is 0 Å². The third kappa shape index (κ3) is 3.22. The maximum atomic E-state index is 11.6. The lowest BCUT2D eigenvalue weighted by Gasteiger charge is -2.26. The van der Waals surface area contributed by atoms with Gasteiger partial charge in [0.05, 0.1) is 12.7 Å². The Hall–Kier alpha value is -2.07. The minimum absolute atomic E-state index is 0.293. The lowest BCUT2D eigenvalue weighted by molar-refractivity contribution is 0.0600. The van der Waals surface area contributed by atoms with Gasteiger partial charge in [0.1, 0.15) is 5.15 Å². The first-order chi connectivity index (χ1) is 10.7. The number of pyridine rings is 1. The number of aromatic nitrogens is 1. The Morgan fingerprint density at radius 1 is 1.32 bits per heavy atom. The van der Waals surface area contributed by atoms with Crippen LogP contribution in [-0.2, 0) is 17.6 Å². The Labute approximate surface area is 134 Å². The first kappa shape index (κ1) is 14.9. The van der Waals surface area contributed by atoms with E-state index in [1.54, 1.807) is 6.20 Å². The van der Waals surface area contributed by atoms with Crippen molar-refractivity contribution in [1.29, 1.82) is 0 Å². The monoisotopic (exact) mass is 316 g/mol. The van der Waals surface area contributed by atoms with Crippen LogP contribution in [0, 0.1) is 0 Å². The number of rotatable bonds is 3. The number of nitrogens with one attached hydrogen (secondary N) is 1. The molecule has 114 valence electrons. The summed E-state index contributed by atoms with van der Waals surface area (Å²) in [5.74, 6) is -0.293. The molecular formula is C17H17ClN2O2. The van der Waals surface area contributed by atoms with Crippen LogP contribution in [0.4, 0.5) is 5.69 Å². The molecule has 0 radical (unpaired) electrons. The van der Waals surface area contributed by atoms with E-state index in [-0.39, 0.29) is 5.97 Å². The van der Waals surface area contributed by atoms with Crippen molar-refractivity contribution in [3.05, 3.63) is 58.4 Å². The Bertz CT molecular complexity index is 703. The van der Waals surface area contributed by atoms with Gasteiger partial charge in [0.25, 0.3) is 0 Å². The van der Waals surface area contributed by atoms with Crippen LogP contribution in [0.25, 0.3) is 0 Å². The van der Waals surface area contributed by atoms with E-state index in [0.29, 0.717) is 16.8 Å². The first-order valence-corrected chi connectivity index (χ1v) is 7.61. The third-order valence-corrected chi connectivity index (χ3v) is 4.16. The number of carbonyl (C=O) groups excluding carboxylic acids is 1. The lowest BCUT2D eigenvalue weighted by Crippen LogP contribution is -2.27. The van der Waals surface area contributed by atoms with Crippen molar-refractivity contribution in [2.45, 2.75) is 25.3 Å². The molecule has 3 rings (SSSR count). The Kier molecular flexibility index (Phi) is 4.29. The molecule has 0 saturated heterocycles. The van der Waals surface area contributed by atoms with E-state index in [9.17, 15) is 4.79 Å². The summed E-state index contributed by atoms with van der Waals surface area (Å²) in [7, 11) is 1.40. The topological polar surface area (TPSA) is 51.2 Å². The van der Waals surface area contributed by atoms with Crippen molar-refractivity contribution in [3.63, 3.8) is 0 Å². The Morgan fingerprint density at radius 3 is 2.95 bits per heavy atom. The number of aryl methyl sites for hydroxylation is 1. The predicted molar refractivity (Wildman–Crippen MR) is 86.5 cm³/mol. The number of hydrogen-bond donors (Lipinski definition) is 1. The fourth-order valence-electron chi connectivity index (χ4n) is 2.85. The molecule has 5 heteroatoms. The molecule has 1 aliphatic carbocycles. The number of hydrogen-bond acceptors (Lipinski definition) is 4. The number of halogens is 1. The summed E-state index contributed by atoms with van der Waals surface area (Å²) < 4.78 is 4.79. The standard InChI is InChI=1S/C17H17ClN2O2/c1-22-17(21)12-3-2-11-4-5-14(9-13(11)8-12)20-15-6-7-19-16(18)10-15/h2-3,6-8,10,14H,4-5,9H2,1H3,(H,19,20). The van der Waals surface area contributed by atoms with Crippen LogP contribution in [0.3, 0.4) is 0 Å². The Balaban J connectivity index is 1.76. The molecule has 1 aliphatic rings. The minimum atomic E-state index is -0.293. The highest BCUT2D eigenvalue weighted by atomic mass is 35.5. The number of methoxy groups -OCH3 is 1. The molecule has 0 amide bonds. The van der Waals surface area contributed by atoms with Crippen LogP contribution in [0.5, 0.6) is 0 Å². The van der Waals surface area contributed by atoms with Crippen molar-refractivity contribution in [2.75, 3.05) is 12.4 Å². The summed E-state index contributed by atoms with van der Waals surface area (Å²) in [5.41, 5.74) is 4.08. The quantitative estimate of drug-likeness (QED) is 0.695. The van der Waals surface area contributed by atoms with E-state index in [1.807, 2.05) is 30.3 Å². The highest BCUT2D eigenvalue weighted by Gasteiger charge is 2.20. The van der Waals surface area contributed by atoms with Gasteiger partial charge >= 0.3 is 5.97 Å². The summed E-state index contributed by atoms with van der Waals surface area (Å²) in [6.45, 7) is 0. The van der Waals surface area contributed by atoms with Gasteiger partial charge in [0.15, 0.2) is 0 Å². The summed E-state index contributed by atoms with van der Waals surface area (Å²) in [6, 6.07) is 9.85. The van der Waals surface area contributed by atoms with Crippen LogP contribution in [0.1, 0.15) is 27.9 Å². The predicted octanol–water partition coefficient (Wildman–Crippen LogP) is 3.49. The van der Waals surface area contributed by atoms with Crippen LogP contribution < -0.4 is 5.32 Å². The highest BCUT2D eigenvalue weighted by Crippen LogP contribution is 2.25. The molecule has 4 nitrogen and oxygen atoms in total. The number of benzene rings is 1. The fourth-order valence-corrected chi connectivity index (χ4v) is 3.03. The average Bonchev–Trinajstić information content (AvgIpc) is 2.53. The summed E-state index contributed by atoms with van der Waals surface area (Å²) in [5, 5.41) is 3.97. The molecule has 0 bridgehead atoms. The van der Waals surface area contributed by atoms with Gasteiger partial charge in [0.2, 0.25) is 0 Å². The zero-order valence-corrected chi connectivity index (χ0v) is 13.1. The van der Waals surface area contributed by atoms with Crippen LogP contribution in [-0.4, -0.2) is 24.1 Å². The fraction of sp³-hybridized carbons (Fsp3) is 0.294. The van der Waals surface area contributed by atoms with Gasteiger partial charge in [-0.05, 0) is 54.7 Å². The molecular weight excluding hydrogens is 300 g/mol. The molecule has 0 saturated carbocycles. The van der Waals surface area contributed by atoms with Crippen LogP contribution in [0.15, 0.2) is 36.5 Å². The van der Waals surface area contributed by atoms with Gasteiger partial charge in [-0.3, -0.25) is 0 Å². The second kappa shape index (κ2) is 6.36. The van der Waals surface area contributed by atoms with E-state index < -0.39 is 0 Å². The molecule has 22 heavy (non-hydrogen) atoms. The maximum Gasteiger partial charge on any atom is 0.337 e. The van der Waals surface area contributed by atoms with E-state index in [0.717, 1.165) is 24.9 Å². The SMILES string of the molecule is COC(=O)c1ccc2c(c1)CC(Nc1ccnc(Cl)c1)CC2. The van der Waals surface area contributed by atoms with Crippen LogP contribution in [0.2, 0.25) is 5.15 Å². The number of anilines is 1. The van der Waals surface area contributed by atoms with Crippen molar-refractivity contribution in [2.24, 2.45) is 0 Å². The molecule has 1 atom stereocenters. The Morgan fingerprint density at radius 2 is 2.18 bits per heavy atom. The van der Waals surface area contributed by atoms with Crippen molar-refractivity contribution in [3.8, 4) is 0 Å². The maximum absolute atomic E-state index is 11.6.